The van der Waals surface area contributed by atoms with Crippen molar-refractivity contribution in [3.8, 4) is 0 Å². The van der Waals surface area contributed by atoms with E-state index in [0.717, 1.165) is 6.07 Å². The van der Waals surface area contributed by atoms with Gasteiger partial charge >= 0.3 is 6.03 Å². The van der Waals surface area contributed by atoms with Gasteiger partial charge in [0.1, 0.15) is 0 Å². The molecule has 30 heavy (non-hydrogen) atoms. The van der Waals surface area contributed by atoms with Crippen molar-refractivity contribution >= 4 is 27.4 Å². The van der Waals surface area contributed by atoms with E-state index in [1.54, 1.807) is 43.0 Å². The average molecular weight is 435 g/mol. The molecular formula is C20H26N4O5S. The van der Waals surface area contributed by atoms with E-state index < -0.39 is 21.0 Å². The van der Waals surface area contributed by atoms with E-state index in [2.05, 4.69) is 10.0 Å². The molecule has 0 aliphatic carbocycles. The fourth-order valence-corrected chi connectivity index (χ4v) is 4.42. The van der Waals surface area contributed by atoms with E-state index in [1.165, 1.54) is 12.1 Å². The lowest BCUT2D eigenvalue weighted by molar-refractivity contribution is -0.385. The molecule has 1 atom stereocenters. The van der Waals surface area contributed by atoms with Gasteiger partial charge in [0.2, 0.25) is 10.0 Å². The van der Waals surface area contributed by atoms with Crippen LogP contribution in [0.4, 0.5) is 16.2 Å². The Morgan fingerprint density at radius 1 is 1.13 bits per heavy atom. The van der Waals surface area contributed by atoms with Crippen LogP contribution in [0.15, 0.2) is 47.4 Å². The number of amides is 2. The number of anilines is 1. The van der Waals surface area contributed by atoms with Crippen LogP contribution in [-0.2, 0) is 10.0 Å². The minimum atomic E-state index is -3.97. The second kappa shape index (κ2) is 9.68. The number of rotatable bonds is 8. The number of nitro groups is 1. The van der Waals surface area contributed by atoms with E-state index in [9.17, 15) is 23.3 Å². The third-order valence-corrected chi connectivity index (χ3v) is 6.40. The Morgan fingerprint density at radius 3 is 2.27 bits per heavy atom. The molecule has 0 spiro atoms. The number of nitro benzene ring substituents is 1. The topological polar surface area (TPSA) is 122 Å². The highest BCUT2D eigenvalue weighted by Crippen LogP contribution is 2.24. The standard InChI is InChI=1S/C20H26N4O5S/c1-5-23(6-2)20(25)21-17-10-8-16(9-11-17)15(4)22-30(28,29)19-13-18(24(26)27)12-7-14(19)3/h7-13,15,22H,5-6H2,1-4H3,(H,21,25). The van der Waals surface area contributed by atoms with Crippen molar-refractivity contribution in [2.24, 2.45) is 0 Å². The van der Waals surface area contributed by atoms with Crippen molar-refractivity contribution in [1.29, 1.82) is 0 Å². The fourth-order valence-electron chi connectivity index (χ4n) is 2.92. The average Bonchev–Trinajstić information content (AvgIpc) is 2.69. The summed E-state index contributed by atoms with van der Waals surface area (Å²) in [5.74, 6) is 0. The van der Waals surface area contributed by atoms with Gasteiger partial charge in [0.05, 0.1) is 9.82 Å². The summed E-state index contributed by atoms with van der Waals surface area (Å²) >= 11 is 0. The van der Waals surface area contributed by atoms with Crippen LogP contribution in [0.2, 0.25) is 0 Å². The maximum Gasteiger partial charge on any atom is 0.321 e. The molecule has 162 valence electrons. The minimum Gasteiger partial charge on any atom is -0.325 e. The van der Waals surface area contributed by atoms with Gasteiger partial charge in [0.25, 0.3) is 5.69 Å². The Labute approximate surface area is 176 Å². The number of non-ortho nitro benzene ring substituents is 1. The van der Waals surface area contributed by atoms with Gasteiger partial charge in [0, 0.05) is 37.0 Å². The number of hydrogen-bond donors (Lipinski definition) is 2. The molecular weight excluding hydrogens is 408 g/mol. The predicted molar refractivity (Wildman–Crippen MR) is 115 cm³/mol. The van der Waals surface area contributed by atoms with E-state index >= 15 is 0 Å². The molecule has 0 radical (unpaired) electrons. The number of nitrogens with one attached hydrogen (secondary N) is 2. The van der Waals surface area contributed by atoms with Gasteiger partial charge < -0.3 is 10.2 Å². The molecule has 2 amide bonds. The monoisotopic (exact) mass is 434 g/mol. The largest absolute Gasteiger partial charge is 0.325 e. The summed E-state index contributed by atoms with van der Waals surface area (Å²) in [4.78, 5) is 24.0. The van der Waals surface area contributed by atoms with Gasteiger partial charge in [-0.05, 0) is 51.0 Å². The quantitative estimate of drug-likeness (QED) is 0.483. The second-order valence-corrected chi connectivity index (χ2v) is 8.46. The van der Waals surface area contributed by atoms with Crippen LogP contribution >= 0.6 is 0 Å². The van der Waals surface area contributed by atoms with Crippen LogP contribution in [0.25, 0.3) is 0 Å². The molecule has 0 aromatic heterocycles. The van der Waals surface area contributed by atoms with Crippen LogP contribution in [0, 0.1) is 17.0 Å². The minimum absolute atomic E-state index is 0.133. The number of sulfonamides is 1. The Bertz CT molecular complexity index is 1020. The molecule has 9 nitrogen and oxygen atoms in total. The van der Waals surface area contributed by atoms with Gasteiger partial charge in [-0.3, -0.25) is 10.1 Å². The molecule has 0 heterocycles. The number of aryl methyl sites for hydroxylation is 1. The summed E-state index contributed by atoms with van der Waals surface area (Å²) in [5, 5.41) is 13.8. The first-order valence-corrected chi connectivity index (χ1v) is 11.0. The smallest absolute Gasteiger partial charge is 0.321 e. The van der Waals surface area contributed by atoms with E-state index in [0.29, 0.717) is 29.9 Å². The molecule has 0 bridgehead atoms. The lowest BCUT2D eigenvalue weighted by atomic mass is 10.1. The van der Waals surface area contributed by atoms with Gasteiger partial charge in [-0.2, -0.15) is 0 Å². The lowest BCUT2D eigenvalue weighted by Crippen LogP contribution is -2.34. The molecule has 2 aromatic rings. The summed E-state index contributed by atoms with van der Waals surface area (Å²) in [6.07, 6.45) is 0. The Kier molecular flexibility index (Phi) is 7.52. The van der Waals surface area contributed by atoms with Crippen molar-refractivity contribution in [2.75, 3.05) is 18.4 Å². The maximum atomic E-state index is 12.8. The number of urea groups is 1. The Morgan fingerprint density at radius 2 is 1.73 bits per heavy atom. The Hall–Kier alpha value is -2.98. The summed E-state index contributed by atoms with van der Waals surface area (Å²) in [6, 6.07) is 9.75. The molecule has 1 unspecified atom stereocenters. The number of carbonyl (C=O) groups excluding carboxylic acids is 1. The van der Waals surface area contributed by atoms with Gasteiger partial charge in [0.15, 0.2) is 0 Å². The highest BCUT2D eigenvalue weighted by Gasteiger charge is 2.23. The lowest BCUT2D eigenvalue weighted by Gasteiger charge is -2.20. The van der Waals surface area contributed by atoms with Crippen LogP contribution in [0.5, 0.6) is 0 Å². The van der Waals surface area contributed by atoms with E-state index in [4.69, 9.17) is 0 Å². The first-order valence-electron chi connectivity index (χ1n) is 9.52. The summed E-state index contributed by atoms with van der Waals surface area (Å²) in [7, 11) is -3.97. The van der Waals surface area contributed by atoms with Crippen molar-refractivity contribution in [1.82, 2.24) is 9.62 Å². The molecule has 10 heteroatoms. The van der Waals surface area contributed by atoms with Crippen LogP contribution in [0.1, 0.15) is 37.9 Å². The highest BCUT2D eigenvalue weighted by molar-refractivity contribution is 7.89. The van der Waals surface area contributed by atoms with Crippen molar-refractivity contribution in [3.05, 3.63) is 63.7 Å². The highest BCUT2D eigenvalue weighted by atomic mass is 32.2. The van der Waals surface area contributed by atoms with Crippen LogP contribution < -0.4 is 10.0 Å². The predicted octanol–water partition coefficient (Wildman–Crippen LogP) is 3.82. The fraction of sp³-hybridized carbons (Fsp3) is 0.350. The zero-order valence-electron chi connectivity index (χ0n) is 17.4. The van der Waals surface area contributed by atoms with Crippen LogP contribution in [0.3, 0.4) is 0 Å². The normalized spacial score (nSPS) is 12.3. The van der Waals surface area contributed by atoms with Gasteiger partial charge in [-0.1, -0.05) is 18.2 Å². The number of nitrogens with zero attached hydrogens (tertiary/aromatic N) is 2. The van der Waals surface area contributed by atoms with Crippen LogP contribution in [-0.4, -0.2) is 37.4 Å². The molecule has 0 saturated heterocycles. The molecule has 0 saturated carbocycles. The van der Waals surface area contributed by atoms with Crippen molar-refractivity contribution < 1.29 is 18.1 Å². The summed E-state index contributed by atoms with van der Waals surface area (Å²) < 4.78 is 28.1. The molecule has 2 aromatic carbocycles. The second-order valence-electron chi connectivity index (χ2n) is 6.77. The number of hydrogen-bond acceptors (Lipinski definition) is 5. The van der Waals surface area contributed by atoms with Gasteiger partial charge in [-0.25, -0.2) is 17.9 Å². The van der Waals surface area contributed by atoms with Crippen molar-refractivity contribution in [3.63, 3.8) is 0 Å². The van der Waals surface area contributed by atoms with Gasteiger partial charge in [-0.15, -0.1) is 0 Å². The molecule has 0 aliphatic rings. The first-order chi connectivity index (χ1) is 14.1. The molecule has 0 fully saturated rings. The van der Waals surface area contributed by atoms with Crippen molar-refractivity contribution in [2.45, 2.75) is 38.6 Å². The maximum absolute atomic E-state index is 12.8. The third-order valence-electron chi connectivity index (χ3n) is 4.72. The summed E-state index contributed by atoms with van der Waals surface area (Å²) in [5.41, 5.74) is 1.40. The zero-order valence-corrected chi connectivity index (χ0v) is 18.2. The number of carbonyl (C=O) groups is 1. The Balaban J connectivity index is 2.16. The third kappa shape index (κ3) is 5.55. The summed E-state index contributed by atoms with van der Waals surface area (Å²) in [6.45, 7) is 8.22. The van der Waals surface area contributed by atoms with E-state index in [1.807, 2.05) is 13.8 Å². The zero-order chi connectivity index (χ0) is 22.5. The molecule has 2 N–H and O–H groups in total. The SMILES string of the molecule is CCN(CC)C(=O)Nc1ccc(C(C)NS(=O)(=O)c2cc([N+](=O)[O-])ccc2C)cc1. The molecule has 0 aliphatic heterocycles. The number of benzene rings is 2. The van der Waals surface area contributed by atoms with E-state index in [-0.39, 0.29) is 16.6 Å². The molecule has 2 rings (SSSR count). The first kappa shape index (κ1) is 23.3.